The molecule has 5 heteroatoms. The van der Waals surface area contributed by atoms with E-state index < -0.39 is 0 Å². The lowest BCUT2D eigenvalue weighted by atomic mass is 10.1. The van der Waals surface area contributed by atoms with Gasteiger partial charge in [-0.15, -0.1) is 11.3 Å². The van der Waals surface area contributed by atoms with E-state index in [1.54, 1.807) is 11.3 Å². The van der Waals surface area contributed by atoms with Crippen LogP contribution in [0.5, 0.6) is 0 Å². The van der Waals surface area contributed by atoms with Crippen molar-refractivity contribution in [3.8, 4) is 0 Å². The molecule has 18 heavy (non-hydrogen) atoms. The highest BCUT2D eigenvalue weighted by Crippen LogP contribution is 2.29. The van der Waals surface area contributed by atoms with Crippen molar-refractivity contribution in [1.29, 1.82) is 0 Å². The molecule has 0 radical (unpaired) electrons. The van der Waals surface area contributed by atoms with Crippen molar-refractivity contribution in [2.24, 2.45) is 5.73 Å². The standard InChI is InChI=1S/C13H23N3OS/c1-3-11-12(9-14)18-13(15-11)16-7-5-10(6-8-16)17-4-2/h10H,3-9,14H2,1-2H3. The second-order valence-electron chi connectivity index (χ2n) is 4.57. The normalized spacial score (nSPS) is 17.4. The van der Waals surface area contributed by atoms with E-state index in [1.807, 2.05) is 0 Å². The molecule has 1 saturated heterocycles. The number of anilines is 1. The fourth-order valence-electron chi connectivity index (χ4n) is 2.39. The van der Waals surface area contributed by atoms with Crippen molar-refractivity contribution in [2.45, 2.75) is 45.8 Å². The molecule has 1 aliphatic heterocycles. The molecule has 1 fully saturated rings. The molecule has 0 bridgehead atoms. The summed E-state index contributed by atoms with van der Waals surface area (Å²) in [5, 5.41) is 1.14. The van der Waals surface area contributed by atoms with Gasteiger partial charge in [0.05, 0.1) is 11.8 Å². The van der Waals surface area contributed by atoms with Crippen LogP contribution in [0.3, 0.4) is 0 Å². The second kappa shape index (κ2) is 6.50. The van der Waals surface area contributed by atoms with Gasteiger partial charge >= 0.3 is 0 Å². The Hall–Kier alpha value is -0.650. The summed E-state index contributed by atoms with van der Waals surface area (Å²) in [5.41, 5.74) is 6.93. The molecular formula is C13H23N3OS. The summed E-state index contributed by atoms with van der Waals surface area (Å²) in [6.45, 7) is 7.72. The fourth-order valence-corrected chi connectivity index (χ4v) is 3.47. The third kappa shape index (κ3) is 3.02. The summed E-state index contributed by atoms with van der Waals surface area (Å²) < 4.78 is 5.67. The van der Waals surface area contributed by atoms with Crippen LogP contribution in [0.2, 0.25) is 0 Å². The van der Waals surface area contributed by atoms with E-state index in [4.69, 9.17) is 15.5 Å². The van der Waals surface area contributed by atoms with E-state index in [1.165, 1.54) is 10.6 Å². The zero-order valence-corrected chi connectivity index (χ0v) is 12.1. The molecule has 0 aromatic carbocycles. The van der Waals surface area contributed by atoms with E-state index in [0.717, 1.165) is 44.1 Å². The minimum absolute atomic E-state index is 0.436. The first-order chi connectivity index (χ1) is 8.78. The number of ether oxygens (including phenoxy) is 1. The summed E-state index contributed by atoms with van der Waals surface area (Å²) >= 11 is 1.75. The number of aryl methyl sites for hydroxylation is 1. The number of rotatable bonds is 5. The maximum absolute atomic E-state index is 5.76. The first-order valence-corrected chi connectivity index (χ1v) is 7.65. The van der Waals surface area contributed by atoms with Crippen LogP contribution in [0.4, 0.5) is 5.13 Å². The molecule has 0 amide bonds. The van der Waals surface area contributed by atoms with Gasteiger partial charge in [-0.1, -0.05) is 6.92 Å². The first kappa shape index (κ1) is 13.8. The van der Waals surface area contributed by atoms with Gasteiger partial charge in [-0.3, -0.25) is 0 Å². The van der Waals surface area contributed by atoms with E-state index >= 15 is 0 Å². The quantitative estimate of drug-likeness (QED) is 0.890. The van der Waals surface area contributed by atoms with Crippen molar-refractivity contribution in [3.05, 3.63) is 10.6 Å². The van der Waals surface area contributed by atoms with Gasteiger partial charge in [0.2, 0.25) is 0 Å². The largest absolute Gasteiger partial charge is 0.378 e. The number of hydrogen-bond donors (Lipinski definition) is 1. The predicted octanol–water partition coefficient (Wildman–Crippen LogP) is 2.17. The van der Waals surface area contributed by atoms with Gasteiger partial charge in [0.25, 0.3) is 0 Å². The smallest absolute Gasteiger partial charge is 0.185 e. The van der Waals surface area contributed by atoms with E-state index in [9.17, 15) is 0 Å². The first-order valence-electron chi connectivity index (χ1n) is 6.83. The number of thiazole rings is 1. The molecule has 2 heterocycles. The average Bonchev–Trinajstić information content (AvgIpc) is 2.83. The fraction of sp³-hybridized carbons (Fsp3) is 0.769. The van der Waals surface area contributed by atoms with Crippen LogP contribution >= 0.6 is 11.3 Å². The van der Waals surface area contributed by atoms with Crippen LogP contribution < -0.4 is 10.6 Å². The molecule has 102 valence electrons. The molecule has 2 rings (SSSR count). The Morgan fingerprint density at radius 3 is 2.61 bits per heavy atom. The van der Waals surface area contributed by atoms with E-state index in [2.05, 4.69) is 18.7 Å². The molecule has 0 atom stereocenters. The molecule has 0 saturated carbocycles. The van der Waals surface area contributed by atoms with Crippen molar-refractivity contribution in [3.63, 3.8) is 0 Å². The number of hydrogen-bond acceptors (Lipinski definition) is 5. The third-order valence-electron chi connectivity index (χ3n) is 3.40. The number of aromatic nitrogens is 1. The summed E-state index contributed by atoms with van der Waals surface area (Å²) in [6, 6.07) is 0. The lowest BCUT2D eigenvalue weighted by molar-refractivity contribution is 0.0459. The van der Waals surface area contributed by atoms with Crippen LogP contribution in [0.25, 0.3) is 0 Å². The molecule has 0 unspecified atom stereocenters. The third-order valence-corrected chi connectivity index (χ3v) is 4.58. The Morgan fingerprint density at radius 2 is 2.11 bits per heavy atom. The molecule has 1 aromatic heterocycles. The summed E-state index contributed by atoms with van der Waals surface area (Å²) in [7, 11) is 0. The van der Waals surface area contributed by atoms with Crippen molar-refractivity contribution < 1.29 is 4.74 Å². The van der Waals surface area contributed by atoms with Gasteiger partial charge in [-0.2, -0.15) is 0 Å². The Balaban J connectivity index is 1.98. The summed E-state index contributed by atoms with van der Waals surface area (Å²) in [4.78, 5) is 8.33. The Kier molecular flexibility index (Phi) is 4.97. The second-order valence-corrected chi connectivity index (χ2v) is 5.63. The van der Waals surface area contributed by atoms with Crippen LogP contribution in [0.15, 0.2) is 0 Å². The monoisotopic (exact) mass is 269 g/mol. The molecule has 1 aromatic rings. The van der Waals surface area contributed by atoms with Gasteiger partial charge < -0.3 is 15.4 Å². The Labute approximate surface area is 113 Å². The van der Waals surface area contributed by atoms with Gasteiger partial charge in [-0.05, 0) is 26.2 Å². The highest BCUT2D eigenvalue weighted by Gasteiger charge is 2.22. The minimum atomic E-state index is 0.436. The lowest BCUT2D eigenvalue weighted by Gasteiger charge is -2.31. The zero-order valence-electron chi connectivity index (χ0n) is 11.3. The highest BCUT2D eigenvalue weighted by atomic mass is 32.1. The van der Waals surface area contributed by atoms with Crippen LogP contribution in [0, 0.1) is 0 Å². The molecule has 0 spiro atoms. The van der Waals surface area contributed by atoms with Crippen molar-refractivity contribution in [2.75, 3.05) is 24.6 Å². The van der Waals surface area contributed by atoms with E-state index in [0.29, 0.717) is 12.6 Å². The Morgan fingerprint density at radius 1 is 1.39 bits per heavy atom. The van der Waals surface area contributed by atoms with Crippen LogP contribution in [-0.2, 0) is 17.7 Å². The van der Waals surface area contributed by atoms with Gasteiger partial charge in [0.15, 0.2) is 5.13 Å². The molecule has 4 nitrogen and oxygen atoms in total. The number of nitrogens with zero attached hydrogens (tertiary/aromatic N) is 2. The summed E-state index contributed by atoms with van der Waals surface area (Å²) in [6.07, 6.45) is 3.61. The topological polar surface area (TPSA) is 51.4 Å². The van der Waals surface area contributed by atoms with Gasteiger partial charge in [0, 0.05) is 31.1 Å². The van der Waals surface area contributed by atoms with Crippen molar-refractivity contribution in [1.82, 2.24) is 4.98 Å². The maximum Gasteiger partial charge on any atom is 0.185 e. The molecular weight excluding hydrogens is 246 g/mol. The molecule has 2 N–H and O–H groups in total. The van der Waals surface area contributed by atoms with E-state index in [-0.39, 0.29) is 0 Å². The van der Waals surface area contributed by atoms with Gasteiger partial charge in [0.1, 0.15) is 0 Å². The summed E-state index contributed by atoms with van der Waals surface area (Å²) in [5.74, 6) is 0. The maximum atomic E-state index is 5.76. The Bertz CT molecular complexity index is 351. The molecule has 0 aliphatic carbocycles. The zero-order chi connectivity index (χ0) is 13.0. The minimum Gasteiger partial charge on any atom is -0.378 e. The van der Waals surface area contributed by atoms with Gasteiger partial charge in [-0.25, -0.2) is 4.98 Å². The molecule has 1 aliphatic rings. The predicted molar refractivity (Wildman–Crippen MR) is 76.2 cm³/mol. The average molecular weight is 269 g/mol. The lowest BCUT2D eigenvalue weighted by Crippen LogP contribution is -2.37. The van der Waals surface area contributed by atoms with Crippen molar-refractivity contribution >= 4 is 16.5 Å². The van der Waals surface area contributed by atoms with Crippen LogP contribution in [0.1, 0.15) is 37.3 Å². The number of nitrogens with two attached hydrogens (primary N) is 1. The highest BCUT2D eigenvalue weighted by molar-refractivity contribution is 7.15. The number of piperidine rings is 1. The SMILES string of the molecule is CCOC1CCN(c2nc(CC)c(CN)s2)CC1. The van der Waals surface area contributed by atoms with Crippen LogP contribution in [-0.4, -0.2) is 30.8 Å².